The van der Waals surface area contributed by atoms with Gasteiger partial charge in [0.1, 0.15) is 71.9 Å². The summed E-state index contributed by atoms with van der Waals surface area (Å²) in [6, 6.07) is -2.94. The molecule has 12 amide bonds. The SMILES string of the molecule is CC(C)C[C@H](NC(=O)[C@H](CC(N)=O)NC(=O)[C@@H](N)CC(=O)O)C(=O)N[C@@H](Cc1ccc(O)cc1)C(=O)N[C@@H](Cc1ccc(OP(=O)(O)O)cc1)C(=O)N[C@@H](Cc1c[nH]c2ccccc12)C(=O)N[C@@H](CC(=O)O)C(=O)N[C@@H](CCC(N)=O)C(=O)N[C@@H](CC(=O)O)C(=O)N1CCC[C@H]1C(=O)N1CCC[C@H]1C(=O)O. The van der Waals surface area contributed by atoms with Crippen molar-refractivity contribution in [2.24, 2.45) is 23.1 Å². The first-order valence-corrected chi connectivity index (χ1v) is 34.8. The summed E-state index contributed by atoms with van der Waals surface area (Å²) in [5.74, 6) is -21.1. The molecule has 0 radical (unpaired) electrons. The number of carbonyl (C=O) groups is 16. The van der Waals surface area contributed by atoms with Gasteiger partial charge in [-0.15, -0.1) is 0 Å². The topological polar surface area (TPSA) is 638 Å². The molecule has 1 aromatic heterocycles. The fourth-order valence-corrected chi connectivity index (χ4v) is 12.3. The molecule has 2 aliphatic heterocycles. The molecular formula is C66H85N14O25P. The molecule has 4 aromatic rings. The number of amides is 12. The number of aromatic hydroxyl groups is 1. The number of phosphoric ester groups is 1. The third-order valence-corrected chi connectivity index (χ3v) is 17.5. The molecule has 3 heterocycles. The maximum Gasteiger partial charge on any atom is 0.524 e. The van der Waals surface area contributed by atoms with E-state index in [1.165, 1.54) is 42.6 Å². The van der Waals surface area contributed by atoms with Crippen molar-refractivity contribution >= 4 is 113 Å². The largest absolute Gasteiger partial charge is 0.524 e. The molecule has 0 aliphatic carbocycles. The first kappa shape index (κ1) is 83.4. The number of phosphoric acid groups is 1. The average molecular weight is 1510 g/mol. The van der Waals surface area contributed by atoms with Crippen molar-refractivity contribution in [3.8, 4) is 11.5 Å². The molecule has 6 rings (SSSR count). The quantitative estimate of drug-likeness (QED) is 0.0190. The number of carboxylic acids is 4. The smallest absolute Gasteiger partial charge is 0.508 e. The maximum absolute atomic E-state index is 15.3. The molecule has 39 nitrogen and oxygen atoms in total. The van der Waals surface area contributed by atoms with Crippen LogP contribution >= 0.6 is 7.82 Å². The molecule has 40 heteroatoms. The van der Waals surface area contributed by atoms with Crippen molar-refractivity contribution in [3.63, 3.8) is 0 Å². The standard InChI is InChI=1S/C66H85N14O25P/c1-32(2)23-42(73-62(96)46(28-52(69)83)72-56(90)39(67)27-53(84)85)58(92)74-43(24-33-11-15-36(81)16-12-33)59(93)75-44(25-34-13-17-37(18-14-34)105-106(102,103)104)60(94)76-45(26-35-31-70-40-8-4-3-7-38(35)40)61(95)77-47(29-54(86)87)63(97)71-41(19-20-51(68)82)57(91)78-48(30-55(88)89)64(98)79-21-5-9-49(79)65(99)80-22-6-10-50(80)66(100)101/h3-4,7-8,11-18,31-32,39,41-50,70,81H,5-6,9-10,19-30,67H2,1-2H3,(H2,68,82)(H2,69,83)(H,71,97)(H,72,90)(H,73,96)(H,74,92)(H,75,93)(H,76,94)(H,77,95)(H,78,91)(H,84,85)(H,86,87)(H,88,89)(H,100,101)(H2,102,103,104)/t39-,41-,42-,43-,44-,45-,46-,47-,48-,49-,50-/m0/s1. The second-order valence-corrected chi connectivity index (χ2v) is 26.9. The van der Waals surface area contributed by atoms with Crippen LogP contribution in [0.25, 0.3) is 10.9 Å². The monoisotopic (exact) mass is 1500 g/mol. The van der Waals surface area contributed by atoms with Crippen LogP contribution in [0.15, 0.2) is 79.0 Å². The van der Waals surface area contributed by atoms with Crippen LogP contribution in [0, 0.1) is 5.92 Å². The number of hydrogen-bond acceptors (Lipinski definition) is 20. The van der Waals surface area contributed by atoms with E-state index < -0.39 is 233 Å². The number of nitrogens with one attached hydrogen (secondary N) is 9. The maximum atomic E-state index is 15.3. The first-order valence-electron chi connectivity index (χ1n) is 33.3. The van der Waals surface area contributed by atoms with Crippen LogP contribution in [0.1, 0.15) is 101 Å². The number of H-pyrrole nitrogens is 1. The number of fused-ring (bicyclic) bond motifs is 1. The number of likely N-dealkylation sites (tertiary alicyclic amines) is 2. The lowest BCUT2D eigenvalue weighted by atomic mass is 9.99. The zero-order valence-electron chi connectivity index (χ0n) is 57.3. The Labute approximate surface area is 603 Å². The minimum atomic E-state index is -5.14. The number of para-hydroxylation sites is 1. The van der Waals surface area contributed by atoms with Gasteiger partial charge in [-0.2, -0.15) is 0 Å². The lowest BCUT2D eigenvalue weighted by Gasteiger charge is -2.32. The highest BCUT2D eigenvalue weighted by Gasteiger charge is 2.45. The lowest BCUT2D eigenvalue weighted by molar-refractivity contribution is -0.153. The Bertz CT molecular complexity index is 4000. The number of benzene rings is 3. The minimum absolute atomic E-state index is 0.0415. The molecule has 22 N–H and O–H groups in total. The van der Waals surface area contributed by atoms with Gasteiger partial charge in [-0.3, -0.25) is 81.7 Å². The number of hydrogen-bond donors (Lipinski definition) is 19. The number of carboxylic acid groups (broad SMARTS) is 4. The summed E-state index contributed by atoms with van der Waals surface area (Å²) < 4.78 is 16.5. The molecule has 2 fully saturated rings. The van der Waals surface area contributed by atoms with Crippen LogP contribution in [0.3, 0.4) is 0 Å². The second kappa shape index (κ2) is 38.3. The van der Waals surface area contributed by atoms with E-state index in [0.29, 0.717) is 22.9 Å². The molecule has 2 saturated heterocycles. The Balaban J connectivity index is 1.35. The summed E-state index contributed by atoms with van der Waals surface area (Å²) in [6.07, 6.45) is -5.10. The van der Waals surface area contributed by atoms with E-state index in [1.54, 1.807) is 38.1 Å². The van der Waals surface area contributed by atoms with Gasteiger partial charge in [0.05, 0.1) is 31.7 Å². The average Bonchev–Trinajstić information content (AvgIpc) is 1.77. The number of aromatic nitrogens is 1. The van der Waals surface area contributed by atoms with Crippen molar-refractivity contribution < 1.29 is 121 Å². The number of primary amides is 2. The molecule has 11 atom stereocenters. The predicted molar refractivity (Wildman–Crippen MR) is 366 cm³/mol. The number of nitrogens with zero attached hydrogens (tertiary/aromatic N) is 2. The first-order chi connectivity index (χ1) is 49.9. The third kappa shape index (κ3) is 25.4. The van der Waals surface area contributed by atoms with Crippen molar-refractivity contribution in [1.29, 1.82) is 0 Å². The van der Waals surface area contributed by atoms with Crippen LogP contribution in [0.5, 0.6) is 11.5 Å². The molecule has 574 valence electrons. The molecule has 0 spiro atoms. The van der Waals surface area contributed by atoms with Gasteiger partial charge in [0.25, 0.3) is 0 Å². The van der Waals surface area contributed by atoms with Gasteiger partial charge < -0.3 is 105 Å². The number of carbonyl (C=O) groups excluding carboxylic acids is 12. The van der Waals surface area contributed by atoms with Crippen LogP contribution in [-0.2, 0) is 101 Å². The Morgan fingerprint density at radius 3 is 1.50 bits per heavy atom. The van der Waals surface area contributed by atoms with E-state index >= 15 is 14.4 Å². The van der Waals surface area contributed by atoms with Gasteiger partial charge in [0, 0.05) is 55.9 Å². The zero-order valence-corrected chi connectivity index (χ0v) is 58.2. The molecule has 0 saturated carbocycles. The predicted octanol–water partition coefficient (Wildman–Crippen LogP) is -3.74. The van der Waals surface area contributed by atoms with Gasteiger partial charge in [0.15, 0.2) is 0 Å². The number of phenolic OH excluding ortho intramolecular Hbond substituents is 1. The molecule has 0 unspecified atom stereocenters. The number of nitrogens with two attached hydrogens (primary N) is 3. The number of rotatable bonds is 40. The number of aliphatic carboxylic acids is 4. The third-order valence-electron chi connectivity index (χ3n) is 17.0. The van der Waals surface area contributed by atoms with Crippen LogP contribution < -0.4 is 64.3 Å². The van der Waals surface area contributed by atoms with E-state index in [9.17, 15) is 102 Å². The molecule has 106 heavy (non-hydrogen) atoms. The Hall–Kier alpha value is -11.6. The zero-order chi connectivity index (χ0) is 78.4. The summed E-state index contributed by atoms with van der Waals surface area (Å²) in [4.78, 5) is 240. The highest BCUT2D eigenvalue weighted by atomic mass is 31.2. The molecule has 2 aliphatic rings. The Morgan fingerprint density at radius 1 is 0.528 bits per heavy atom. The highest BCUT2D eigenvalue weighted by molar-refractivity contribution is 7.46. The Morgan fingerprint density at radius 2 is 0.972 bits per heavy atom. The summed E-state index contributed by atoms with van der Waals surface area (Å²) in [5.41, 5.74) is 17.7. The molecular weight excluding hydrogens is 1420 g/mol. The fraction of sp³-hybridized carbons (Fsp3) is 0.455. The van der Waals surface area contributed by atoms with Gasteiger partial charge in [0.2, 0.25) is 70.9 Å². The van der Waals surface area contributed by atoms with Gasteiger partial charge >= 0.3 is 31.7 Å². The van der Waals surface area contributed by atoms with Crippen molar-refractivity contribution in [1.82, 2.24) is 57.3 Å². The van der Waals surface area contributed by atoms with Crippen LogP contribution in [0.4, 0.5) is 0 Å². The summed E-state index contributed by atoms with van der Waals surface area (Å²) in [6.45, 7) is 3.19. The molecule has 0 bridgehead atoms. The summed E-state index contributed by atoms with van der Waals surface area (Å²) in [5, 5.41) is 68.7. The molecule has 3 aromatic carbocycles. The Kier molecular flexibility index (Phi) is 30.1. The minimum Gasteiger partial charge on any atom is -0.508 e. The highest BCUT2D eigenvalue weighted by Crippen LogP contribution is 2.37. The van der Waals surface area contributed by atoms with E-state index in [2.05, 4.69) is 52.0 Å². The fourth-order valence-electron chi connectivity index (χ4n) is 11.9. The van der Waals surface area contributed by atoms with E-state index in [-0.39, 0.29) is 61.4 Å². The summed E-state index contributed by atoms with van der Waals surface area (Å²) >= 11 is 0. The van der Waals surface area contributed by atoms with E-state index in [1.807, 2.05) is 0 Å². The van der Waals surface area contributed by atoms with Crippen molar-refractivity contribution in [3.05, 3.63) is 95.7 Å². The summed E-state index contributed by atoms with van der Waals surface area (Å²) in [7, 11) is -5.14. The van der Waals surface area contributed by atoms with E-state index in [4.69, 9.17) is 17.2 Å². The lowest BCUT2D eigenvalue weighted by Crippen LogP contribution is -2.61. The van der Waals surface area contributed by atoms with Gasteiger partial charge in [-0.05, 0) is 91.5 Å². The van der Waals surface area contributed by atoms with Crippen molar-refractivity contribution in [2.45, 2.75) is 170 Å². The van der Waals surface area contributed by atoms with Crippen LogP contribution in [-0.4, -0.2) is 224 Å². The number of aromatic amines is 1. The van der Waals surface area contributed by atoms with Gasteiger partial charge in [-0.1, -0.05) is 56.3 Å². The van der Waals surface area contributed by atoms with Crippen molar-refractivity contribution in [2.75, 3.05) is 13.1 Å². The van der Waals surface area contributed by atoms with Gasteiger partial charge in [-0.25, -0.2) is 9.36 Å². The van der Waals surface area contributed by atoms with Crippen LogP contribution in [0.2, 0.25) is 0 Å². The number of phenols is 1. The van der Waals surface area contributed by atoms with E-state index in [0.717, 1.165) is 21.9 Å². The normalized spacial score (nSPS) is 16.7. The second-order valence-electron chi connectivity index (χ2n) is 25.8.